The number of benzene rings is 1. The molecule has 1 fully saturated rings. The van der Waals surface area contributed by atoms with Crippen LogP contribution in [0.15, 0.2) is 29.3 Å². The average molecular weight is 518 g/mol. The number of aliphatic hydroxyl groups is 3. The Morgan fingerprint density at radius 1 is 1.03 bits per heavy atom. The van der Waals surface area contributed by atoms with E-state index in [1.807, 2.05) is 12.1 Å². The molecule has 0 saturated carbocycles. The first kappa shape index (κ1) is 28.1. The third-order valence-corrected chi connectivity index (χ3v) is 4.86. The highest BCUT2D eigenvalue weighted by Crippen LogP contribution is 2.22. The number of ether oxygens (including phenoxy) is 4. The van der Waals surface area contributed by atoms with Crippen LogP contribution >= 0.6 is 24.4 Å². The molecule has 0 radical (unpaired) electrons. The molecule has 12 nitrogen and oxygen atoms in total. The van der Waals surface area contributed by atoms with Crippen molar-refractivity contribution in [1.29, 1.82) is 0 Å². The molecule has 0 bridgehead atoms. The number of nitrogens with zero attached hydrogens (tertiary/aromatic N) is 1. The Balaban J connectivity index is 1.49. The van der Waals surface area contributed by atoms with E-state index in [-0.39, 0.29) is 19.8 Å². The van der Waals surface area contributed by atoms with Gasteiger partial charge in [0, 0.05) is 12.2 Å². The first-order chi connectivity index (χ1) is 16.3. The Hall–Kier alpha value is -2.10. The van der Waals surface area contributed by atoms with E-state index < -0.39 is 36.7 Å². The van der Waals surface area contributed by atoms with Gasteiger partial charge < -0.3 is 50.0 Å². The molecule has 1 saturated heterocycles. The van der Waals surface area contributed by atoms with Crippen molar-refractivity contribution in [1.82, 2.24) is 5.32 Å². The molecule has 1 unspecified atom stereocenters. The lowest BCUT2D eigenvalue weighted by Gasteiger charge is -2.38. The summed E-state index contributed by atoms with van der Waals surface area (Å²) in [5, 5.41) is 46.9. The van der Waals surface area contributed by atoms with E-state index >= 15 is 0 Å². The number of carboxylic acids is 1. The van der Waals surface area contributed by atoms with Crippen LogP contribution in [0.3, 0.4) is 0 Å². The maximum atomic E-state index is 11.0. The molecule has 0 aromatic heterocycles. The van der Waals surface area contributed by atoms with Crippen LogP contribution in [0.4, 0.5) is 11.4 Å². The number of carboxylic acid groups (broad SMARTS) is 1. The number of aliphatic hydroxyl groups excluding tert-OH is 3. The van der Waals surface area contributed by atoms with E-state index in [1.165, 1.54) is 0 Å². The molecule has 188 valence electrons. The van der Waals surface area contributed by atoms with Crippen LogP contribution in [0.1, 0.15) is 0 Å². The standard InChI is InChI=1S/C20H27N3O9S2/c24-14-15(25)17(18(27)28)32-19(16(14)26)31-10-9-30-8-7-29-6-5-21-20(34)23-13-3-1-12(2-4-13)22-11-33/h1-4,14-17,19,24-26H,5-10H2,(H,27,28)(H2,21,23,34)/t14-,15-,16+,17-,19?/m0/s1. The molecular formula is C20H27N3O9S2. The molecule has 0 spiro atoms. The molecule has 14 heteroatoms. The lowest BCUT2D eigenvalue weighted by molar-refractivity contribution is -0.295. The molecule has 1 aromatic carbocycles. The van der Waals surface area contributed by atoms with Crippen LogP contribution in [0.2, 0.25) is 0 Å². The summed E-state index contributed by atoms with van der Waals surface area (Å²) in [5.74, 6) is -1.47. The number of isothiocyanates is 1. The molecule has 1 aliphatic rings. The maximum absolute atomic E-state index is 11.0. The van der Waals surface area contributed by atoms with Gasteiger partial charge in [-0.15, -0.1) is 0 Å². The van der Waals surface area contributed by atoms with Crippen molar-refractivity contribution < 1.29 is 44.2 Å². The first-order valence-corrected chi connectivity index (χ1v) is 11.1. The Morgan fingerprint density at radius 3 is 2.32 bits per heavy atom. The molecule has 0 amide bonds. The van der Waals surface area contributed by atoms with E-state index in [1.54, 1.807) is 12.1 Å². The van der Waals surface area contributed by atoms with Crippen LogP contribution in [0, 0.1) is 0 Å². The fourth-order valence-electron chi connectivity index (χ4n) is 2.82. The minimum Gasteiger partial charge on any atom is -0.479 e. The SMILES string of the molecule is O=C(O)[C@H]1OC(OCCOCCOCCNC(=S)Nc2ccc(N=C=S)cc2)[C@H](O)[C@@H](O)[C@@H]1O. The van der Waals surface area contributed by atoms with Gasteiger partial charge in [-0.2, -0.15) is 4.99 Å². The van der Waals surface area contributed by atoms with Crippen LogP contribution in [0.25, 0.3) is 0 Å². The van der Waals surface area contributed by atoms with Gasteiger partial charge >= 0.3 is 5.97 Å². The van der Waals surface area contributed by atoms with E-state index in [9.17, 15) is 20.1 Å². The second kappa shape index (κ2) is 15.0. The van der Waals surface area contributed by atoms with Gasteiger partial charge in [0.15, 0.2) is 17.5 Å². The quantitative estimate of drug-likeness (QED) is 0.114. The van der Waals surface area contributed by atoms with Crippen LogP contribution in [-0.4, -0.2) is 107 Å². The topological polar surface area (TPSA) is 171 Å². The molecule has 34 heavy (non-hydrogen) atoms. The number of thiocarbonyl (C=S) groups is 2. The summed E-state index contributed by atoms with van der Waals surface area (Å²) in [4.78, 5) is 14.9. The van der Waals surface area contributed by atoms with Crippen molar-refractivity contribution in [3.8, 4) is 0 Å². The fraction of sp³-hybridized carbons (Fsp3) is 0.550. The molecule has 1 aromatic rings. The van der Waals surface area contributed by atoms with Crippen molar-refractivity contribution in [2.45, 2.75) is 30.7 Å². The summed E-state index contributed by atoms with van der Waals surface area (Å²) in [6.07, 6.45) is -8.17. The van der Waals surface area contributed by atoms with Gasteiger partial charge in [0.1, 0.15) is 18.3 Å². The fourth-order valence-corrected chi connectivity index (χ4v) is 3.14. The van der Waals surface area contributed by atoms with Gasteiger partial charge in [-0.3, -0.25) is 0 Å². The minimum atomic E-state index is -1.76. The third kappa shape index (κ3) is 9.27. The highest BCUT2D eigenvalue weighted by Gasteiger charge is 2.47. The maximum Gasteiger partial charge on any atom is 0.335 e. The molecule has 1 heterocycles. The minimum absolute atomic E-state index is 0.0305. The largest absolute Gasteiger partial charge is 0.479 e. The highest BCUT2D eigenvalue weighted by atomic mass is 32.1. The lowest BCUT2D eigenvalue weighted by Crippen LogP contribution is -2.60. The van der Waals surface area contributed by atoms with Crippen LogP contribution < -0.4 is 10.6 Å². The third-order valence-electron chi connectivity index (χ3n) is 4.53. The summed E-state index contributed by atoms with van der Waals surface area (Å²) in [7, 11) is 0. The Bertz CT molecular complexity index is 839. The predicted molar refractivity (Wildman–Crippen MR) is 127 cm³/mol. The normalized spacial score (nSPS) is 24.1. The van der Waals surface area contributed by atoms with Gasteiger partial charge in [-0.1, -0.05) is 0 Å². The number of hydrogen-bond donors (Lipinski definition) is 6. The van der Waals surface area contributed by atoms with Gasteiger partial charge in [-0.25, -0.2) is 4.79 Å². The van der Waals surface area contributed by atoms with Crippen molar-refractivity contribution in [3.05, 3.63) is 24.3 Å². The van der Waals surface area contributed by atoms with Crippen LogP contribution in [0.5, 0.6) is 0 Å². The molecule has 2 rings (SSSR count). The molecular weight excluding hydrogens is 490 g/mol. The predicted octanol–water partition coefficient (Wildman–Crippen LogP) is -0.351. The average Bonchev–Trinajstić information content (AvgIpc) is 2.81. The van der Waals surface area contributed by atoms with Crippen molar-refractivity contribution in [3.63, 3.8) is 0 Å². The number of anilines is 1. The Morgan fingerprint density at radius 2 is 1.68 bits per heavy atom. The van der Waals surface area contributed by atoms with Gasteiger partial charge in [0.2, 0.25) is 0 Å². The molecule has 0 aliphatic carbocycles. The lowest BCUT2D eigenvalue weighted by atomic mass is 9.99. The number of aliphatic imine (C=N–C) groups is 1. The van der Waals surface area contributed by atoms with E-state index in [0.29, 0.717) is 30.6 Å². The summed E-state index contributed by atoms with van der Waals surface area (Å²) in [6.45, 7) is 1.55. The van der Waals surface area contributed by atoms with Gasteiger partial charge in [-0.05, 0) is 48.7 Å². The van der Waals surface area contributed by atoms with Gasteiger partial charge in [0.05, 0.1) is 43.9 Å². The zero-order valence-electron chi connectivity index (χ0n) is 18.0. The van der Waals surface area contributed by atoms with E-state index in [0.717, 1.165) is 5.69 Å². The number of nitrogens with one attached hydrogen (secondary N) is 2. The number of hydrogen-bond acceptors (Lipinski definition) is 11. The molecule has 1 aliphatic heterocycles. The second-order valence-corrected chi connectivity index (χ2v) is 7.55. The highest BCUT2D eigenvalue weighted by molar-refractivity contribution is 7.80. The van der Waals surface area contributed by atoms with E-state index in [4.69, 9.17) is 36.3 Å². The van der Waals surface area contributed by atoms with Crippen molar-refractivity contribution in [2.75, 3.05) is 44.9 Å². The monoisotopic (exact) mass is 517 g/mol. The molecule has 5 atom stereocenters. The van der Waals surface area contributed by atoms with Crippen molar-refractivity contribution in [2.24, 2.45) is 4.99 Å². The summed E-state index contributed by atoms with van der Waals surface area (Å²) in [6, 6.07) is 7.19. The Labute approximate surface area is 206 Å². The van der Waals surface area contributed by atoms with Gasteiger partial charge in [0.25, 0.3) is 0 Å². The van der Waals surface area contributed by atoms with Crippen LogP contribution in [-0.2, 0) is 23.7 Å². The zero-order chi connectivity index (χ0) is 24.9. The number of aliphatic carboxylic acids is 1. The Kier molecular flexibility index (Phi) is 12.4. The van der Waals surface area contributed by atoms with E-state index in [2.05, 4.69) is 33.0 Å². The molecule has 6 N–H and O–H groups in total. The van der Waals surface area contributed by atoms with Crippen molar-refractivity contribution >= 4 is 52.1 Å². The zero-order valence-corrected chi connectivity index (χ0v) is 19.7. The summed E-state index contributed by atoms with van der Waals surface area (Å²) in [5.41, 5.74) is 1.50. The summed E-state index contributed by atoms with van der Waals surface area (Å²) >= 11 is 9.76. The number of carbonyl (C=O) groups is 1. The summed E-state index contributed by atoms with van der Waals surface area (Å²) < 4.78 is 21.0. The smallest absolute Gasteiger partial charge is 0.335 e. The first-order valence-electron chi connectivity index (χ1n) is 10.3. The number of rotatable bonds is 13. The second-order valence-electron chi connectivity index (χ2n) is 6.96.